The Kier molecular flexibility index (Phi) is 5.64. The Labute approximate surface area is 114 Å². The molecule has 0 saturated carbocycles. The Bertz CT molecular complexity index is 517. The van der Waals surface area contributed by atoms with Crippen LogP contribution >= 0.6 is 0 Å². The lowest BCUT2D eigenvalue weighted by atomic mass is 10.1. The second-order valence-electron chi connectivity index (χ2n) is 3.85. The first kappa shape index (κ1) is 15.6. The minimum atomic E-state index is -1.47. The van der Waals surface area contributed by atoms with E-state index in [4.69, 9.17) is 5.11 Å². The number of ether oxygens (including phenoxy) is 1. The zero-order chi connectivity index (χ0) is 15.1. The van der Waals surface area contributed by atoms with Crippen LogP contribution in [0, 0.1) is 5.82 Å². The molecule has 6 nitrogen and oxygen atoms in total. The van der Waals surface area contributed by atoms with E-state index in [9.17, 15) is 18.8 Å². The number of halogens is 1. The number of carboxylic acids is 1. The third kappa shape index (κ3) is 4.34. The number of esters is 1. The number of amides is 1. The van der Waals surface area contributed by atoms with Crippen LogP contribution in [0.2, 0.25) is 0 Å². The molecule has 108 valence electrons. The van der Waals surface area contributed by atoms with Gasteiger partial charge < -0.3 is 15.2 Å². The molecule has 7 heteroatoms. The molecule has 0 heterocycles. The second-order valence-corrected chi connectivity index (χ2v) is 3.85. The number of carbonyl (C=O) groups is 3. The van der Waals surface area contributed by atoms with Crippen LogP contribution in [0.5, 0.6) is 0 Å². The molecule has 0 bridgehead atoms. The van der Waals surface area contributed by atoms with Crippen LogP contribution in [-0.4, -0.2) is 35.6 Å². The first-order chi connectivity index (χ1) is 9.45. The van der Waals surface area contributed by atoms with Crippen LogP contribution in [0.15, 0.2) is 24.3 Å². The summed E-state index contributed by atoms with van der Waals surface area (Å²) >= 11 is 0. The van der Waals surface area contributed by atoms with Crippen LogP contribution in [0.1, 0.15) is 23.7 Å². The molecule has 0 aromatic heterocycles. The van der Waals surface area contributed by atoms with Crippen molar-refractivity contribution in [1.82, 2.24) is 5.32 Å². The van der Waals surface area contributed by atoms with Crippen molar-refractivity contribution in [1.29, 1.82) is 0 Å². The molecular formula is C13H14FNO5. The Morgan fingerprint density at radius 2 is 2.00 bits per heavy atom. The minimum absolute atomic E-state index is 0.104. The van der Waals surface area contributed by atoms with Crippen molar-refractivity contribution < 1.29 is 28.6 Å². The Hall–Kier alpha value is -2.44. The monoisotopic (exact) mass is 283 g/mol. The molecule has 2 N–H and O–H groups in total. The summed E-state index contributed by atoms with van der Waals surface area (Å²) in [5, 5.41) is 11.0. The zero-order valence-electron chi connectivity index (χ0n) is 10.8. The van der Waals surface area contributed by atoms with Crippen molar-refractivity contribution in [3.63, 3.8) is 0 Å². The van der Waals surface area contributed by atoms with Gasteiger partial charge in [-0.2, -0.15) is 0 Å². The van der Waals surface area contributed by atoms with Crippen molar-refractivity contribution in [2.75, 3.05) is 6.61 Å². The maximum Gasteiger partial charge on any atom is 0.326 e. The molecule has 20 heavy (non-hydrogen) atoms. The van der Waals surface area contributed by atoms with E-state index in [1.807, 2.05) is 0 Å². The van der Waals surface area contributed by atoms with Crippen LogP contribution < -0.4 is 5.32 Å². The van der Waals surface area contributed by atoms with Gasteiger partial charge in [0, 0.05) is 0 Å². The van der Waals surface area contributed by atoms with Crippen LogP contribution in [0.4, 0.5) is 4.39 Å². The number of benzene rings is 1. The smallest absolute Gasteiger partial charge is 0.326 e. The fourth-order valence-corrected chi connectivity index (χ4v) is 1.47. The molecule has 1 rings (SSSR count). The van der Waals surface area contributed by atoms with E-state index in [2.05, 4.69) is 10.1 Å². The van der Waals surface area contributed by atoms with Crippen LogP contribution in [0.3, 0.4) is 0 Å². The highest BCUT2D eigenvalue weighted by Gasteiger charge is 2.25. The van der Waals surface area contributed by atoms with Crippen molar-refractivity contribution >= 4 is 17.8 Å². The van der Waals surface area contributed by atoms with Gasteiger partial charge in [-0.15, -0.1) is 0 Å². The van der Waals surface area contributed by atoms with Crippen molar-refractivity contribution in [3.05, 3.63) is 35.6 Å². The van der Waals surface area contributed by atoms with Gasteiger partial charge in [-0.1, -0.05) is 12.1 Å². The van der Waals surface area contributed by atoms with Gasteiger partial charge in [0.05, 0.1) is 18.6 Å². The SMILES string of the molecule is CCOC(=O)C[C@@H](NC(=O)c1ccccc1F)C(=O)O. The highest BCUT2D eigenvalue weighted by molar-refractivity contribution is 5.97. The quantitative estimate of drug-likeness (QED) is 0.759. The molecule has 1 aromatic rings. The number of hydrogen-bond acceptors (Lipinski definition) is 4. The predicted molar refractivity (Wildman–Crippen MR) is 66.5 cm³/mol. The van der Waals surface area contributed by atoms with E-state index in [-0.39, 0.29) is 12.2 Å². The van der Waals surface area contributed by atoms with Gasteiger partial charge in [0.25, 0.3) is 5.91 Å². The summed E-state index contributed by atoms with van der Waals surface area (Å²) in [7, 11) is 0. The first-order valence-corrected chi connectivity index (χ1v) is 5.89. The summed E-state index contributed by atoms with van der Waals surface area (Å²) in [6.07, 6.45) is -0.524. The topological polar surface area (TPSA) is 92.7 Å². The third-order valence-corrected chi connectivity index (χ3v) is 2.40. The summed E-state index contributed by atoms with van der Waals surface area (Å²) in [5.74, 6) is -3.83. The minimum Gasteiger partial charge on any atom is -0.480 e. The highest BCUT2D eigenvalue weighted by atomic mass is 19.1. The maximum atomic E-state index is 13.4. The molecule has 0 radical (unpaired) electrons. The number of hydrogen-bond donors (Lipinski definition) is 2. The predicted octanol–water partition coefficient (Wildman–Crippen LogP) is 0.962. The van der Waals surface area contributed by atoms with Gasteiger partial charge in [-0.25, -0.2) is 9.18 Å². The molecule has 0 unspecified atom stereocenters. The Morgan fingerprint density at radius 1 is 1.35 bits per heavy atom. The third-order valence-electron chi connectivity index (χ3n) is 2.40. The molecule has 1 aromatic carbocycles. The summed E-state index contributed by atoms with van der Waals surface area (Å²) < 4.78 is 18.0. The van der Waals surface area contributed by atoms with E-state index in [0.29, 0.717) is 0 Å². The number of carboxylic acid groups (broad SMARTS) is 1. The molecule has 0 spiro atoms. The number of nitrogens with one attached hydrogen (secondary N) is 1. The van der Waals surface area contributed by atoms with Gasteiger partial charge in [0.2, 0.25) is 0 Å². The van der Waals surface area contributed by atoms with Crippen molar-refractivity contribution in [2.24, 2.45) is 0 Å². The van der Waals surface area contributed by atoms with Gasteiger partial charge in [0.15, 0.2) is 0 Å². The van der Waals surface area contributed by atoms with Gasteiger partial charge >= 0.3 is 11.9 Å². The molecule has 0 aliphatic carbocycles. The fraction of sp³-hybridized carbons (Fsp3) is 0.308. The van der Waals surface area contributed by atoms with E-state index in [1.54, 1.807) is 6.92 Å². The summed E-state index contributed by atoms with van der Waals surface area (Å²) in [6, 6.07) is 3.67. The summed E-state index contributed by atoms with van der Waals surface area (Å²) in [5.41, 5.74) is -0.289. The second kappa shape index (κ2) is 7.22. The average molecular weight is 283 g/mol. The van der Waals surface area contributed by atoms with E-state index < -0.39 is 36.1 Å². The largest absolute Gasteiger partial charge is 0.480 e. The lowest BCUT2D eigenvalue weighted by Crippen LogP contribution is -2.42. The summed E-state index contributed by atoms with van der Waals surface area (Å²) in [6.45, 7) is 1.68. The number of rotatable bonds is 6. The molecule has 0 aliphatic rings. The first-order valence-electron chi connectivity index (χ1n) is 5.89. The average Bonchev–Trinajstić information content (AvgIpc) is 2.38. The van der Waals surface area contributed by atoms with Gasteiger partial charge in [0.1, 0.15) is 11.9 Å². The van der Waals surface area contributed by atoms with E-state index in [0.717, 1.165) is 6.07 Å². The highest BCUT2D eigenvalue weighted by Crippen LogP contribution is 2.07. The number of carbonyl (C=O) groups excluding carboxylic acids is 2. The van der Waals surface area contributed by atoms with E-state index >= 15 is 0 Å². The Morgan fingerprint density at radius 3 is 2.55 bits per heavy atom. The van der Waals surface area contributed by atoms with Crippen molar-refractivity contribution in [3.8, 4) is 0 Å². The van der Waals surface area contributed by atoms with Crippen LogP contribution in [-0.2, 0) is 14.3 Å². The maximum absolute atomic E-state index is 13.4. The van der Waals surface area contributed by atoms with Crippen molar-refractivity contribution in [2.45, 2.75) is 19.4 Å². The molecule has 0 saturated heterocycles. The fourth-order valence-electron chi connectivity index (χ4n) is 1.47. The number of aliphatic carboxylic acids is 1. The normalized spacial score (nSPS) is 11.5. The lowest BCUT2D eigenvalue weighted by molar-refractivity contribution is -0.149. The van der Waals surface area contributed by atoms with E-state index in [1.165, 1.54) is 18.2 Å². The molecule has 1 amide bonds. The molecule has 1 atom stereocenters. The van der Waals surface area contributed by atoms with Gasteiger partial charge in [-0.3, -0.25) is 9.59 Å². The Balaban J connectivity index is 2.76. The molecule has 0 fully saturated rings. The van der Waals surface area contributed by atoms with Gasteiger partial charge in [-0.05, 0) is 19.1 Å². The zero-order valence-corrected chi connectivity index (χ0v) is 10.8. The standard InChI is InChI=1S/C13H14FNO5/c1-2-20-11(16)7-10(13(18)19)15-12(17)8-5-3-4-6-9(8)14/h3-6,10H,2,7H2,1H3,(H,15,17)(H,18,19)/t10-/m1/s1. The molecular weight excluding hydrogens is 269 g/mol. The summed E-state index contributed by atoms with van der Waals surface area (Å²) in [4.78, 5) is 34.0. The lowest BCUT2D eigenvalue weighted by Gasteiger charge is -2.14. The van der Waals surface area contributed by atoms with Crippen LogP contribution in [0.25, 0.3) is 0 Å². The molecule has 0 aliphatic heterocycles.